The predicted molar refractivity (Wildman–Crippen MR) is 80.4 cm³/mol. The molecule has 3 rings (SSSR count). The Morgan fingerprint density at radius 2 is 1.71 bits per heavy atom. The van der Waals surface area contributed by atoms with E-state index in [1.807, 2.05) is 4.90 Å². The van der Waals surface area contributed by atoms with Crippen LogP contribution in [-0.2, 0) is 9.53 Å². The van der Waals surface area contributed by atoms with Gasteiger partial charge in [0.15, 0.2) is 0 Å². The van der Waals surface area contributed by atoms with E-state index in [0.717, 1.165) is 32.7 Å². The minimum absolute atomic E-state index is 0.177. The van der Waals surface area contributed by atoms with Crippen LogP contribution in [0, 0.1) is 0 Å². The lowest BCUT2D eigenvalue weighted by molar-refractivity contribution is -0.138. The van der Waals surface area contributed by atoms with E-state index >= 15 is 0 Å². The first kappa shape index (κ1) is 15.3. The molecule has 2 heterocycles. The van der Waals surface area contributed by atoms with Crippen molar-refractivity contribution in [3.8, 4) is 0 Å². The van der Waals surface area contributed by atoms with E-state index in [1.165, 1.54) is 44.9 Å². The van der Waals surface area contributed by atoms with E-state index in [1.54, 1.807) is 0 Å². The quantitative estimate of drug-likeness (QED) is 0.853. The van der Waals surface area contributed by atoms with Gasteiger partial charge in [0, 0.05) is 32.7 Å². The molecule has 1 aliphatic carbocycles. The van der Waals surface area contributed by atoms with Crippen molar-refractivity contribution in [2.75, 3.05) is 39.3 Å². The van der Waals surface area contributed by atoms with Gasteiger partial charge in [0.2, 0.25) is 0 Å². The maximum absolute atomic E-state index is 10.7. The van der Waals surface area contributed by atoms with E-state index < -0.39 is 5.97 Å². The molecule has 2 saturated heterocycles. The molecule has 0 aromatic rings. The summed E-state index contributed by atoms with van der Waals surface area (Å²) in [7, 11) is 0. The molecule has 5 heteroatoms. The van der Waals surface area contributed by atoms with Gasteiger partial charge < -0.3 is 9.84 Å². The number of aliphatic carboxylic acids is 1. The van der Waals surface area contributed by atoms with Gasteiger partial charge in [0.05, 0.1) is 18.2 Å². The molecule has 0 aromatic heterocycles. The molecular formula is C16H28N2O3. The van der Waals surface area contributed by atoms with Gasteiger partial charge >= 0.3 is 5.97 Å². The Morgan fingerprint density at radius 1 is 1.05 bits per heavy atom. The van der Waals surface area contributed by atoms with Crippen LogP contribution >= 0.6 is 0 Å². The summed E-state index contributed by atoms with van der Waals surface area (Å²) in [6.45, 7) is 4.88. The third-order valence-electron chi connectivity index (χ3n) is 5.39. The van der Waals surface area contributed by atoms with E-state index in [2.05, 4.69) is 4.90 Å². The number of ether oxygens (including phenoxy) is 1. The summed E-state index contributed by atoms with van der Waals surface area (Å²) >= 11 is 0. The Morgan fingerprint density at radius 3 is 2.38 bits per heavy atom. The Labute approximate surface area is 127 Å². The summed E-state index contributed by atoms with van der Waals surface area (Å²) in [4.78, 5) is 15.2. The Kier molecular flexibility index (Phi) is 4.82. The normalized spacial score (nSPS) is 30.8. The lowest BCUT2D eigenvalue weighted by Gasteiger charge is -2.36. The molecule has 1 N–H and O–H groups in total. The van der Waals surface area contributed by atoms with E-state index in [4.69, 9.17) is 9.84 Å². The second kappa shape index (κ2) is 6.63. The van der Waals surface area contributed by atoms with Gasteiger partial charge in [-0.2, -0.15) is 0 Å². The van der Waals surface area contributed by atoms with Crippen molar-refractivity contribution in [1.82, 2.24) is 9.80 Å². The summed E-state index contributed by atoms with van der Waals surface area (Å²) in [5, 5.41) is 8.83. The molecule has 2 aliphatic heterocycles. The first-order valence-corrected chi connectivity index (χ1v) is 8.50. The molecule has 0 bridgehead atoms. The molecule has 0 radical (unpaired) electrons. The number of piperazine rings is 1. The molecule has 3 fully saturated rings. The molecule has 0 aromatic carbocycles. The van der Waals surface area contributed by atoms with Crippen LogP contribution in [0.1, 0.15) is 44.9 Å². The Hall–Kier alpha value is -0.650. The number of nitrogens with zero attached hydrogens (tertiary/aromatic N) is 2. The van der Waals surface area contributed by atoms with Crippen molar-refractivity contribution in [3.05, 3.63) is 0 Å². The lowest BCUT2D eigenvalue weighted by atomic mass is 9.83. The van der Waals surface area contributed by atoms with Crippen molar-refractivity contribution in [1.29, 1.82) is 0 Å². The number of carbonyl (C=O) groups is 1. The first-order chi connectivity index (χ1) is 10.2. The zero-order valence-electron chi connectivity index (χ0n) is 12.9. The number of carboxylic acid groups (broad SMARTS) is 1. The predicted octanol–water partition coefficient (Wildman–Crippen LogP) is 1.57. The smallest absolute Gasteiger partial charge is 0.317 e. The van der Waals surface area contributed by atoms with Gasteiger partial charge in [0.1, 0.15) is 0 Å². The van der Waals surface area contributed by atoms with E-state index in [9.17, 15) is 4.79 Å². The van der Waals surface area contributed by atoms with Gasteiger partial charge in [-0.25, -0.2) is 0 Å². The molecule has 1 atom stereocenters. The fourth-order valence-electron chi connectivity index (χ4n) is 4.20. The van der Waals surface area contributed by atoms with Crippen molar-refractivity contribution in [2.45, 2.75) is 56.7 Å². The molecule has 1 saturated carbocycles. The average Bonchev–Trinajstić information content (AvgIpc) is 2.84. The molecule has 21 heavy (non-hydrogen) atoms. The summed E-state index contributed by atoms with van der Waals surface area (Å²) in [6.07, 6.45) is 9.41. The van der Waals surface area contributed by atoms with Crippen LogP contribution in [0.25, 0.3) is 0 Å². The molecular weight excluding hydrogens is 268 g/mol. The fraction of sp³-hybridized carbons (Fsp3) is 0.938. The highest BCUT2D eigenvalue weighted by molar-refractivity contribution is 5.69. The standard InChI is InChI=1S/C16H28N2O3/c19-15(20)13-18-10-8-17(9-11-18)12-14-4-7-16(21-14)5-2-1-3-6-16/h14H,1-13H2,(H,19,20). The molecule has 5 nitrogen and oxygen atoms in total. The van der Waals surface area contributed by atoms with Crippen LogP contribution in [0.4, 0.5) is 0 Å². The van der Waals surface area contributed by atoms with Crippen LogP contribution in [0.5, 0.6) is 0 Å². The van der Waals surface area contributed by atoms with Crippen molar-refractivity contribution in [2.24, 2.45) is 0 Å². The summed E-state index contributed by atoms with van der Waals surface area (Å²) in [6, 6.07) is 0. The zero-order chi connectivity index (χ0) is 14.7. The van der Waals surface area contributed by atoms with Crippen LogP contribution < -0.4 is 0 Å². The van der Waals surface area contributed by atoms with Crippen LogP contribution in [0.2, 0.25) is 0 Å². The van der Waals surface area contributed by atoms with Crippen molar-refractivity contribution >= 4 is 5.97 Å². The SMILES string of the molecule is O=C(O)CN1CCN(CC2CCC3(CCCCC3)O2)CC1. The summed E-state index contributed by atoms with van der Waals surface area (Å²) in [5.74, 6) is -0.721. The van der Waals surface area contributed by atoms with Crippen molar-refractivity contribution < 1.29 is 14.6 Å². The maximum Gasteiger partial charge on any atom is 0.317 e. The Balaban J connectivity index is 1.41. The fourth-order valence-corrected chi connectivity index (χ4v) is 4.20. The van der Waals surface area contributed by atoms with Gasteiger partial charge in [-0.05, 0) is 25.7 Å². The summed E-state index contributed by atoms with van der Waals surface area (Å²) in [5.41, 5.74) is 0.216. The summed E-state index contributed by atoms with van der Waals surface area (Å²) < 4.78 is 6.43. The topological polar surface area (TPSA) is 53.0 Å². The molecule has 1 unspecified atom stereocenters. The van der Waals surface area contributed by atoms with Gasteiger partial charge in [-0.3, -0.25) is 14.6 Å². The van der Waals surface area contributed by atoms with E-state index in [0.29, 0.717) is 6.10 Å². The third kappa shape index (κ3) is 3.96. The highest BCUT2D eigenvalue weighted by Crippen LogP contribution is 2.42. The monoisotopic (exact) mass is 296 g/mol. The molecule has 0 amide bonds. The largest absolute Gasteiger partial charge is 0.480 e. The number of hydrogen-bond donors (Lipinski definition) is 1. The minimum atomic E-state index is -0.721. The van der Waals surface area contributed by atoms with Crippen LogP contribution in [-0.4, -0.2) is 71.8 Å². The second-order valence-corrected chi connectivity index (χ2v) is 6.99. The first-order valence-electron chi connectivity index (χ1n) is 8.50. The molecule has 1 spiro atoms. The average molecular weight is 296 g/mol. The maximum atomic E-state index is 10.7. The van der Waals surface area contributed by atoms with E-state index in [-0.39, 0.29) is 12.1 Å². The number of hydrogen-bond acceptors (Lipinski definition) is 4. The highest BCUT2D eigenvalue weighted by atomic mass is 16.5. The van der Waals surface area contributed by atoms with Crippen molar-refractivity contribution in [3.63, 3.8) is 0 Å². The third-order valence-corrected chi connectivity index (χ3v) is 5.39. The highest BCUT2D eigenvalue weighted by Gasteiger charge is 2.41. The zero-order valence-corrected chi connectivity index (χ0v) is 12.9. The van der Waals surface area contributed by atoms with Crippen LogP contribution in [0.3, 0.4) is 0 Å². The number of carboxylic acids is 1. The van der Waals surface area contributed by atoms with Gasteiger partial charge in [0.25, 0.3) is 0 Å². The van der Waals surface area contributed by atoms with Gasteiger partial charge in [-0.15, -0.1) is 0 Å². The van der Waals surface area contributed by atoms with Crippen LogP contribution in [0.15, 0.2) is 0 Å². The molecule has 120 valence electrons. The lowest BCUT2D eigenvalue weighted by Crippen LogP contribution is -2.49. The number of rotatable bonds is 4. The second-order valence-electron chi connectivity index (χ2n) is 6.99. The molecule has 3 aliphatic rings. The van der Waals surface area contributed by atoms with Gasteiger partial charge in [-0.1, -0.05) is 19.3 Å². The minimum Gasteiger partial charge on any atom is -0.480 e. The Bertz CT molecular complexity index is 361.